The number of carbonyl (C=O) groups is 2. The number of hydrogen-bond acceptors (Lipinski definition) is 4. The average Bonchev–Trinajstić information content (AvgIpc) is 3.08. The second kappa shape index (κ2) is 6.32. The molecule has 0 atom stereocenters. The molecule has 23 heavy (non-hydrogen) atoms. The lowest BCUT2D eigenvalue weighted by Crippen LogP contribution is -2.27. The fourth-order valence-corrected chi connectivity index (χ4v) is 3.07. The summed E-state index contributed by atoms with van der Waals surface area (Å²) >= 11 is 0. The smallest absolute Gasteiger partial charge is 0.410 e. The third kappa shape index (κ3) is 2.76. The summed E-state index contributed by atoms with van der Waals surface area (Å²) in [5.41, 5.74) is 3.05. The molecule has 1 aliphatic heterocycles. The molecule has 6 nitrogen and oxygen atoms in total. The van der Waals surface area contributed by atoms with Gasteiger partial charge in [0.25, 0.3) is 0 Å². The number of fused-ring (bicyclic) bond motifs is 3. The molecular weight excluding hydrogens is 296 g/mol. The van der Waals surface area contributed by atoms with Crippen LogP contribution in [0.3, 0.4) is 0 Å². The summed E-state index contributed by atoms with van der Waals surface area (Å²) in [6.45, 7) is 5.39. The molecule has 2 heterocycles. The van der Waals surface area contributed by atoms with Gasteiger partial charge in [0.05, 0.1) is 26.3 Å². The highest BCUT2D eigenvalue weighted by molar-refractivity contribution is 5.88. The van der Waals surface area contributed by atoms with Gasteiger partial charge >= 0.3 is 12.1 Å². The number of rotatable bonds is 4. The van der Waals surface area contributed by atoms with E-state index in [2.05, 4.69) is 0 Å². The standard InChI is InChI=1S/C17H20N2O4/c1-3-22-16(20)11-19-14-8-6-5-7-12(14)13-9-18(10-15(13)19)17(21)23-4-2/h5-8H,3-4,9-11H2,1-2H3. The summed E-state index contributed by atoms with van der Waals surface area (Å²) in [5, 5.41) is 1.07. The maximum absolute atomic E-state index is 12.0. The summed E-state index contributed by atoms with van der Waals surface area (Å²) in [5.74, 6) is -0.273. The van der Waals surface area contributed by atoms with E-state index in [-0.39, 0.29) is 18.6 Å². The highest BCUT2D eigenvalue weighted by atomic mass is 16.6. The number of hydrogen-bond donors (Lipinski definition) is 0. The topological polar surface area (TPSA) is 60.8 Å². The number of nitrogens with zero attached hydrogens (tertiary/aromatic N) is 2. The van der Waals surface area contributed by atoms with Crippen LogP contribution in [0.2, 0.25) is 0 Å². The van der Waals surface area contributed by atoms with Gasteiger partial charge in [-0.3, -0.25) is 9.69 Å². The Morgan fingerprint density at radius 3 is 2.57 bits per heavy atom. The lowest BCUT2D eigenvalue weighted by Gasteiger charge is -2.16. The quantitative estimate of drug-likeness (QED) is 0.814. The van der Waals surface area contributed by atoms with Crippen molar-refractivity contribution in [3.8, 4) is 0 Å². The maximum atomic E-state index is 12.0. The van der Waals surface area contributed by atoms with E-state index in [0.29, 0.717) is 26.3 Å². The Kier molecular flexibility index (Phi) is 4.23. The largest absolute Gasteiger partial charge is 0.465 e. The van der Waals surface area contributed by atoms with Crippen LogP contribution in [0.4, 0.5) is 4.79 Å². The molecular formula is C17H20N2O4. The monoisotopic (exact) mass is 316 g/mol. The van der Waals surface area contributed by atoms with E-state index in [1.807, 2.05) is 28.8 Å². The van der Waals surface area contributed by atoms with Gasteiger partial charge in [-0.05, 0) is 19.9 Å². The van der Waals surface area contributed by atoms with Crippen molar-refractivity contribution >= 4 is 23.0 Å². The van der Waals surface area contributed by atoms with E-state index in [0.717, 1.165) is 22.2 Å². The summed E-state index contributed by atoms with van der Waals surface area (Å²) in [6.07, 6.45) is -0.324. The third-order valence-corrected chi connectivity index (χ3v) is 4.00. The molecule has 0 radical (unpaired) electrons. The number of benzene rings is 1. The molecule has 0 aliphatic carbocycles. The predicted octanol–water partition coefficient (Wildman–Crippen LogP) is 2.68. The lowest BCUT2D eigenvalue weighted by molar-refractivity contribution is -0.143. The van der Waals surface area contributed by atoms with Crippen LogP contribution < -0.4 is 0 Å². The van der Waals surface area contributed by atoms with Crippen molar-refractivity contribution in [2.45, 2.75) is 33.5 Å². The Hall–Kier alpha value is -2.50. The number of para-hydroxylation sites is 1. The van der Waals surface area contributed by atoms with Crippen LogP contribution in [0.25, 0.3) is 10.9 Å². The zero-order valence-corrected chi connectivity index (χ0v) is 13.4. The van der Waals surface area contributed by atoms with E-state index in [1.165, 1.54) is 0 Å². The zero-order valence-electron chi connectivity index (χ0n) is 13.4. The van der Waals surface area contributed by atoms with Crippen LogP contribution in [-0.4, -0.2) is 34.7 Å². The molecule has 0 spiro atoms. The van der Waals surface area contributed by atoms with E-state index in [4.69, 9.17) is 9.47 Å². The molecule has 1 amide bonds. The highest BCUT2D eigenvalue weighted by Gasteiger charge is 2.30. The zero-order chi connectivity index (χ0) is 16.4. The minimum Gasteiger partial charge on any atom is -0.465 e. The van der Waals surface area contributed by atoms with Gasteiger partial charge in [-0.2, -0.15) is 0 Å². The van der Waals surface area contributed by atoms with Crippen LogP contribution in [0.5, 0.6) is 0 Å². The first kappa shape index (κ1) is 15.4. The number of aromatic nitrogens is 1. The number of esters is 1. The first-order chi connectivity index (χ1) is 11.2. The Balaban J connectivity index is 1.97. The molecule has 0 saturated heterocycles. The molecule has 0 N–H and O–H groups in total. The molecule has 0 fully saturated rings. The van der Waals surface area contributed by atoms with Gasteiger partial charge in [0.1, 0.15) is 6.54 Å². The van der Waals surface area contributed by atoms with Crippen molar-refractivity contribution in [3.05, 3.63) is 35.5 Å². The maximum Gasteiger partial charge on any atom is 0.410 e. The second-order valence-corrected chi connectivity index (χ2v) is 5.39. The van der Waals surface area contributed by atoms with Crippen LogP contribution in [0.1, 0.15) is 25.1 Å². The van der Waals surface area contributed by atoms with Crippen LogP contribution in [0.15, 0.2) is 24.3 Å². The molecule has 6 heteroatoms. The van der Waals surface area contributed by atoms with Crippen LogP contribution in [-0.2, 0) is 33.9 Å². The summed E-state index contributed by atoms with van der Waals surface area (Å²) in [7, 11) is 0. The van der Waals surface area contributed by atoms with Crippen LogP contribution >= 0.6 is 0 Å². The van der Waals surface area contributed by atoms with Gasteiger partial charge in [-0.25, -0.2) is 4.79 Å². The molecule has 0 unspecified atom stereocenters. The third-order valence-electron chi connectivity index (χ3n) is 4.00. The van der Waals surface area contributed by atoms with Gasteiger partial charge in [0, 0.05) is 22.2 Å². The first-order valence-corrected chi connectivity index (χ1v) is 7.82. The molecule has 0 saturated carbocycles. The molecule has 122 valence electrons. The Morgan fingerprint density at radius 1 is 1.09 bits per heavy atom. The molecule has 0 bridgehead atoms. The van der Waals surface area contributed by atoms with E-state index in [9.17, 15) is 9.59 Å². The average molecular weight is 316 g/mol. The van der Waals surface area contributed by atoms with Crippen molar-refractivity contribution in [2.24, 2.45) is 0 Å². The van der Waals surface area contributed by atoms with Crippen LogP contribution in [0, 0.1) is 0 Å². The number of ether oxygens (including phenoxy) is 2. The molecule has 1 aliphatic rings. The molecule has 1 aromatic heterocycles. The van der Waals surface area contributed by atoms with Gasteiger partial charge in [-0.15, -0.1) is 0 Å². The number of amides is 1. The molecule has 3 rings (SSSR count). The highest BCUT2D eigenvalue weighted by Crippen LogP contribution is 2.33. The summed E-state index contributed by atoms with van der Waals surface area (Å²) < 4.78 is 12.1. The molecule has 2 aromatic rings. The first-order valence-electron chi connectivity index (χ1n) is 7.82. The second-order valence-electron chi connectivity index (χ2n) is 5.39. The van der Waals surface area contributed by atoms with Crippen molar-refractivity contribution in [2.75, 3.05) is 13.2 Å². The van der Waals surface area contributed by atoms with E-state index in [1.54, 1.807) is 18.7 Å². The van der Waals surface area contributed by atoms with E-state index < -0.39 is 0 Å². The SMILES string of the molecule is CCOC(=O)Cn1c2c(c3ccccc31)CN(C(=O)OCC)C2. The summed E-state index contributed by atoms with van der Waals surface area (Å²) in [6, 6.07) is 7.92. The van der Waals surface area contributed by atoms with Gasteiger partial charge in [0.2, 0.25) is 0 Å². The van der Waals surface area contributed by atoms with Gasteiger partial charge in [0.15, 0.2) is 0 Å². The Morgan fingerprint density at radius 2 is 1.83 bits per heavy atom. The fraction of sp³-hybridized carbons (Fsp3) is 0.412. The Labute approximate surface area is 134 Å². The van der Waals surface area contributed by atoms with Gasteiger partial charge < -0.3 is 14.0 Å². The summed E-state index contributed by atoms with van der Waals surface area (Å²) in [4.78, 5) is 25.6. The van der Waals surface area contributed by atoms with Gasteiger partial charge in [-0.1, -0.05) is 18.2 Å². The number of carbonyl (C=O) groups excluding carboxylic acids is 2. The minimum absolute atomic E-state index is 0.153. The Bertz CT molecular complexity index is 750. The van der Waals surface area contributed by atoms with Crippen molar-refractivity contribution in [1.29, 1.82) is 0 Å². The predicted molar refractivity (Wildman–Crippen MR) is 84.8 cm³/mol. The fourth-order valence-electron chi connectivity index (χ4n) is 3.07. The molecule has 1 aromatic carbocycles. The normalized spacial score (nSPS) is 13.2. The van der Waals surface area contributed by atoms with E-state index >= 15 is 0 Å². The minimum atomic E-state index is -0.324. The van der Waals surface area contributed by atoms with Crippen molar-refractivity contribution < 1.29 is 19.1 Å². The van der Waals surface area contributed by atoms with Crippen molar-refractivity contribution in [1.82, 2.24) is 9.47 Å². The lowest BCUT2D eigenvalue weighted by atomic mass is 10.1. The van der Waals surface area contributed by atoms with Crippen molar-refractivity contribution in [3.63, 3.8) is 0 Å².